The fraction of sp³-hybridized carbons (Fsp3) is 0.278. The largest absolute Gasteiger partial charge is 0.324 e. The van der Waals surface area contributed by atoms with Gasteiger partial charge in [0.1, 0.15) is 5.82 Å². The summed E-state index contributed by atoms with van der Waals surface area (Å²) in [5.41, 5.74) is 4.50. The summed E-state index contributed by atoms with van der Waals surface area (Å²) in [4.78, 5) is 4.82. The second-order valence-corrected chi connectivity index (χ2v) is 6.38. The second kappa shape index (κ2) is 5.53. The quantitative estimate of drug-likeness (QED) is 0.640. The number of benzene rings is 2. The molecule has 0 radical (unpaired) electrons. The highest BCUT2D eigenvalue weighted by Crippen LogP contribution is 2.28. The average Bonchev–Trinajstić information content (AvgIpc) is 2.76. The Hall–Kier alpha value is -1.80. The minimum absolute atomic E-state index is 0.546. The van der Waals surface area contributed by atoms with E-state index in [9.17, 15) is 0 Å². The van der Waals surface area contributed by atoms with Crippen LogP contribution in [0, 0.1) is 12.8 Å². The SMILES string of the molecule is Cc1cccc(-c2nc3ccc(Cl)cc3n2CC(C)C)c1. The van der Waals surface area contributed by atoms with Crippen LogP contribution in [0.2, 0.25) is 5.02 Å². The van der Waals surface area contributed by atoms with E-state index in [-0.39, 0.29) is 0 Å². The Bertz CT molecular complexity index is 787. The molecule has 0 aliphatic carbocycles. The van der Waals surface area contributed by atoms with Gasteiger partial charge in [-0.25, -0.2) is 4.98 Å². The molecule has 0 fully saturated rings. The molecule has 3 aromatic rings. The summed E-state index contributed by atoms with van der Waals surface area (Å²) in [5, 5.41) is 0.753. The second-order valence-electron chi connectivity index (χ2n) is 5.94. The molecule has 0 unspecified atom stereocenters. The maximum Gasteiger partial charge on any atom is 0.141 e. The zero-order valence-electron chi connectivity index (χ0n) is 12.6. The molecule has 0 saturated heterocycles. The van der Waals surface area contributed by atoms with E-state index in [1.165, 1.54) is 5.56 Å². The molecule has 0 bridgehead atoms. The van der Waals surface area contributed by atoms with E-state index >= 15 is 0 Å². The molecule has 108 valence electrons. The van der Waals surface area contributed by atoms with E-state index in [4.69, 9.17) is 16.6 Å². The standard InChI is InChI=1S/C18H19ClN2/c1-12(2)11-21-17-10-15(19)7-8-16(17)20-18(21)14-6-4-5-13(3)9-14/h4-10,12H,11H2,1-3H3. The van der Waals surface area contributed by atoms with Gasteiger partial charge < -0.3 is 4.57 Å². The molecule has 1 heterocycles. The van der Waals surface area contributed by atoms with Crippen LogP contribution in [0.5, 0.6) is 0 Å². The van der Waals surface area contributed by atoms with Crippen LogP contribution in [-0.2, 0) is 6.54 Å². The van der Waals surface area contributed by atoms with Crippen molar-refractivity contribution in [2.24, 2.45) is 5.92 Å². The lowest BCUT2D eigenvalue weighted by molar-refractivity contribution is 0.536. The molecular weight excluding hydrogens is 280 g/mol. The Kier molecular flexibility index (Phi) is 3.73. The first-order chi connectivity index (χ1) is 10.0. The molecule has 3 rings (SSSR count). The molecule has 0 saturated carbocycles. The van der Waals surface area contributed by atoms with Crippen LogP contribution in [0.25, 0.3) is 22.4 Å². The molecule has 0 atom stereocenters. The Labute approximate surface area is 130 Å². The fourth-order valence-electron chi connectivity index (χ4n) is 2.65. The minimum atomic E-state index is 0.546. The van der Waals surface area contributed by atoms with Gasteiger partial charge in [-0.3, -0.25) is 0 Å². The molecule has 21 heavy (non-hydrogen) atoms. The average molecular weight is 299 g/mol. The van der Waals surface area contributed by atoms with Crippen LogP contribution >= 0.6 is 11.6 Å². The number of hydrogen-bond donors (Lipinski definition) is 0. The third-order valence-corrected chi connectivity index (χ3v) is 3.77. The highest BCUT2D eigenvalue weighted by atomic mass is 35.5. The molecular formula is C18H19ClN2. The van der Waals surface area contributed by atoms with Gasteiger partial charge in [-0.2, -0.15) is 0 Å². The Morgan fingerprint density at radius 1 is 1.14 bits per heavy atom. The summed E-state index contributed by atoms with van der Waals surface area (Å²) < 4.78 is 2.28. The van der Waals surface area contributed by atoms with E-state index in [2.05, 4.69) is 49.6 Å². The van der Waals surface area contributed by atoms with Gasteiger partial charge in [0.25, 0.3) is 0 Å². The molecule has 3 heteroatoms. The van der Waals surface area contributed by atoms with E-state index in [0.29, 0.717) is 5.92 Å². The van der Waals surface area contributed by atoms with Crippen molar-refractivity contribution in [3.63, 3.8) is 0 Å². The van der Waals surface area contributed by atoms with Gasteiger partial charge in [-0.05, 0) is 37.1 Å². The van der Waals surface area contributed by atoms with E-state index < -0.39 is 0 Å². The van der Waals surface area contributed by atoms with Gasteiger partial charge in [0.2, 0.25) is 0 Å². The van der Waals surface area contributed by atoms with Crippen molar-refractivity contribution >= 4 is 22.6 Å². The first-order valence-electron chi connectivity index (χ1n) is 7.27. The predicted molar refractivity (Wildman–Crippen MR) is 89.8 cm³/mol. The number of hydrogen-bond acceptors (Lipinski definition) is 1. The third-order valence-electron chi connectivity index (χ3n) is 3.53. The molecule has 2 aromatic carbocycles. The van der Waals surface area contributed by atoms with Gasteiger partial charge in [-0.15, -0.1) is 0 Å². The summed E-state index contributed by atoms with van der Waals surface area (Å²) in [6, 6.07) is 14.4. The van der Waals surface area contributed by atoms with Crippen molar-refractivity contribution in [3.05, 3.63) is 53.1 Å². The maximum atomic E-state index is 6.17. The van der Waals surface area contributed by atoms with Crippen molar-refractivity contribution in [2.45, 2.75) is 27.3 Å². The van der Waals surface area contributed by atoms with Crippen molar-refractivity contribution in [3.8, 4) is 11.4 Å². The molecule has 0 spiro atoms. The number of aryl methyl sites for hydroxylation is 1. The van der Waals surface area contributed by atoms with Gasteiger partial charge >= 0.3 is 0 Å². The number of aromatic nitrogens is 2. The van der Waals surface area contributed by atoms with Crippen LogP contribution in [0.3, 0.4) is 0 Å². The Morgan fingerprint density at radius 2 is 1.95 bits per heavy atom. The van der Waals surface area contributed by atoms with E-state index in [1.807, 2.05) is 18.2 Å². The monoisotopic (exact) mass is 298 g/mol. The molecule has 0 aliphatic heterocycles. The minimum Gasteiger partial charge on any atom is -0.324 e. The summed E-state index contributed by atoms with van der Waals surface area (Å²) >= 11 is 6.17. The molecule has 0 amide bonds. The number of nitrogens with zero attached hydrogens (tertiary/aromatic N) is 2. The summed E-state index contributed by atoms with van der Waals surface area (Å²) in [6.45, 7) is 7.47. The van der Waals surface area contributed by atoms with Crippen molar-refractivity contribution in [2.75, 3.05) is 0 Å². The van der Waals surface area contributed by atoms with Gasteiger partial charge in [0.15, 0.2) is 0 Å². The van der Waals surface area contributed by atoms with Gasteiger partial charge in [-0.1, -0.05) is 49.2 Å². The van der Waals surface area contributed by atoms with Crippen LogP contribution in [0.15, 0.2) is 42.5 Å². The fourth-order valence-corrected chi connectivity index (χ4v) is 2.82. The highest BCUT2D eigenvalue weighted by Gasteiger charge is 2.14. The zero-order chi connectivity index (χ0) is 15.0. The van der Waals surface area contributed by atoms with E-state index in [0.717, 1.165) is 34.0 Å². The topological polar surface area (TPSA) is 17.8 Å². The van der Waals surface area contributed by atoms with Crippen molar-refractivity contribution < 1.29 is 0 Å². The first-order valence-corrected chi connectivity index (χ1v) is 7.65. The molecule has 0 N–H and O–H groups in total. The number of fused-ring (bicyclic) bond motifs is 1. The van der Waals surface area contributed by atoms with Crippen LogP contribution < -0.4 is 0 Å². The molecule has 1 aromatic heterocycles. The van der Waals surface area contributed by atoms with Gasteiger partial charge in [0, 0.05) is 17.1 Å². The molecule has 0 aliphatic rings. The third kappa shape index (κ3) is 2.81. The highest BCUT2D eigenvalue weighted by molar-refractivity contribution is 6.31. The Balaban J connectivity index is 2.25. The summed E-state index contributed by atoms with van der Waals surface area (Å²) in [6.07, 6.45) is 0. The van der Waals surface area contributed by atoms with Gasteiger partial charge in [0.05, 0.1) is 11.0 Å². The lowest BCUT2D eigenvalue weighted by atomic mass is 10.1. The van der Waals surface area contributed by atoms with Crippen LogP contribution in [0.4, 0.5) is 0 Å². The first kappa shape index (κ1) is 14.2. The van der Waals surface area contributed by atoms with Crippen LogP contribution in [-0.4, -0.2) is 9.55 Å². The number of imidazole rings is 1. The number of rotatable bonds is 3. The van der Waals surface area contributed by atoms with Crippen molar-refractivity contribution in [1.29, 1.82) is 0 Å². The van der Waals surface area contributed by atoms with Crippen molar-refractivity contribution in [1.82, 2.24) is 9.55 Å². The Morgan fingerprint density at radius 3 is 2.67 bits per heavy atom. The predicted octanol–water partition coefficient (Wildman–Crippen LogP) is 5.32. The summed E-state index contributed by atoms with van der Waals surface area (Å²) in [7, 11) is 0. The smallest absolute Gasteiger partial charge is 0.141 e. The van der Waals surface area contributed by atoms with E-state index in [1.54, 1.807) is 0 Å². The summed E-state index contributed by atoms with van der Waals surface area (Å²) in [5.74, 6) is 1.56. The zero-order valence-corrected chi connectivity index (χ0v) is 13.4. The normalized spacial score (nSPS) is 11.5. The lowest BCUT2D eigenvalue weighted by Crippen LogP contribution is -2.06. The van der Waals surface area contributed by atoms with Crippen LogP contribution in [0.1, 0.15) is 19.4 Å². The maximum absolute atomic E-state index is 6.17. The lowest BCUT2D eigenvalue weighted by Gasteiger charge is -2.12. The molecule has 2 nitrogen and oxygen atoms in total. The number of halogens is 1.